The van der Waals surface area contributed by atoms with Crippen LogP contribution in [0, 0.1) is 12.3 Å². The molecule has 1 N–H and O–H groups in total. The second-order valence-electron chi connectivity index (χ2n) is 5.80. The van der Waals surface area contributed by atoms with E-state index in [1.54, 1.807) is 6.20 Å². The Kier molecular flexibility index (Phi) is 2.91. The van der Waals surface area contributed by atoms with Gasteiger partial charge in [-0.25, -0.2) is 0 Å². The Balaban J connectivity index is 2.05. The zero-order valence-electron chi connectivity index (χ0n) is 11.0. The molecule has 1 saturated carbocycles. The summed E-state index contributed by atoms with van der Waals surface area (Å²) in [5, 5.41) is 11.3. The second kappa shape index (κ2) is 4.32. The van der Waals surface area contributed by atoms with E-state index in [2.05, 4.69) is 11.9 Å². The van der Waals surface area contributed by atoms with Crippen LogP contribution >= 0.6 is 0 Å². The molecule has 98 valence electrons. The Morgan fingerprint density at radius 1 is 1.22 bits per heavy atom. The van der Waals surface area contributed by atoms with E-state index in [1.165, 1.54) is 0 Å². The molecule has 2 aliphatic rings. The SMILES string of the molecule is Cc1ccncc1C1(O)CCCC12CCOCC2. The van der Waals surface area contributed by atoms with Crippen LogP contribution in [0.5, 0.6) is 0 Å². The van der Waals surface area contributed by atoms with Crippen molar-refractivity contribution in [3.8, 4) is 0 Å². The van der Waals surface area contributed by atoms with Crippen molar-refractivity contribution in [2.75, 3.05) is 13.2 Å². The van der Waals surface area contributed by atoms with Crippen LogP contribution in [-0.4, -0.2) is 23.3 Å². The number of aromatic nitrogens is 1. The lowest BCUT2D eigenvalue weighted by Crippen LogP contribution is -2.45. The fraction of sp³-hybridized carbons (Fsp3) is 0.667. The third-order valence-corrected chi connectivity index (χ3v) is 5.01. The Labute approximate surface area is 108 Å². The van der Waals surface area contributed by atoms with Gasteiger partial charge in [0.25, 0.3) is 0 Å². The van der Waals surface area contributed by atoms with E-state index in [9.17, 15) is 5.11 Å². The highest BCUT2D eigenvalue weighted by molar-refractivity contribution is 5.32. The maximum atomic E-state index is 11.3. The van der Waals surface area contributed by atoms with Crippen molar-refractivity contribution in [1.82, 2.24) is 4.98 Å². The number of aliphatic hydroxyl groups is 1. The summed E-state index contributed by atoms with van der Waals surface area (Å²) in [6.45, 7) is 3.63. The monoisotopic (exact) mass is 247 g/mol. The van der Waals surface area contributed by atoms with Crippen molar-refractivity contribution in [2.24, 2.45) is 5.41 Å². The predicted octanol–water partition coefficient (Wildman–Crippen LogP) is 2.56. The van der Waals surface area contributed by atoms with Gasteiger partial charge in [0, 0.05) is 36.6 Å². The molecule has 1 aliphatic carbocycles. The molecule has 3 rings (SSSR count). The van der Waals surface area contributed by atoms with Crippen LogP contribution in [0.4, 0.5) is 0 Å². The summed E-state index contributed by atoms with van der Waals surface area (Å²) in [6, 6.07) is 2.00. The number of hydrogen-bond donors (Lipinski definition) is 1. The summed E-state index contributed by atoms with van der Waals surface area (Å²) >= 11 is 0. The van der Waals surface area contributed by atoms with Crippen LogP contribution in [-0.2, 0) is 10.3 Å². The molecule has 2 heterocycles. The first-order valence-corrected chi connectivity index (χ1v) is 6.89. The molecular weight excluding hydrogens is 226 g/mol. The van der Waals surface area contributed by atoms with Gasteiger partial charge in [-0.15, -0.1) is 0 Å². The third kappa shape index (κ3) is 1.61. The van der Waals surface area contributed by atoms with Crippen LogP contribution in [0.15, 0.2) is 18.5 Å². The molecule has 3 nitrogen and oxygen atoms in total. The van der Waals surface area contributed by atoms with Crippen molar-refractivity contribution in [2.45, 2.75) is 44.6 Å². The molecule has 1 unspecified atom stereocenters. The molecule has 1 aromatic rings. The lowest BCUT2D eigenvalue weighted by Gasteiger charge is -2.45. The molecule has 0 aromatic carbocycles. The van der Waals surface area contributed by atoms with Crippen LogP contribution in [0.25, 0.3) is 0 Å². The molecule has 3 heteroatoms. The van der Waals surface area contributed by atoms with E-state index < -0.39 is 5.60 Å². The highest BCUT2D eigenvalue weighted by Gasteiger charge is 2.55. The minimum atomic E-state index is -0.699. The third-order valence-electron chi connectivity index (χ3n) is 5.01. The molecule has 0 bridgehead atoms. The van der Waals surface area contributed by atoms with Gasteiger partial charge in [0.1, 0.15) is 0 Å². The van der Waals surface area contributed by atoms with Crippen molar-refractivity contribution in [3.63, 3.8) is 0 Å². The molecule has 0 radical (unpaired) electrons. The molecule has 1 atom stereocenters. The number of nitrogens with zero attached hydrogens (tertiary/aromatic N) is 1. The topological polar surface area (TPSA) is 42.4 Å². The van der Waals surface area contributed by atoms with Crippen molar-refractivity contribution >= 4 is 0 Å². The molecule has 18 heavy (non-hydrogen) atoms. The van der Waals surface area contributed by atoms with E-state index in [1.807, 2.05) is 12.3 Å². The quantitative estimate of drug-likeness (QED) is 0.829. The number of pyridine rings is 1. The summed E-state index contributed by atoms with van der Waals surface area (Å²) in [4.78, 5) is 4.22. The number of hydrogen-bond acceptors (Lipinski definition) is 3. The summed E-state index contributed by atoms with van der Waals surface area (Å²) in [6.07, 6.45) is 8.67. The lowest BCUT2D eigenvalue weighted by atomic mass is 9.65. The molecule has 1 aliphatic heterocycles. The van der Waals surface area contributed by atoms with E-state index in [0.717, 1.165) is 56.4 Å². The molecule has 1 aromatic heterocycles. The smallest absolute Gasteiger partial charge is 0.0971 e. The fourth-order valence-corrected chi connectivity index (χ4v) is 3.90. The summed E-state index contributed by atoms with van der Waals surface area (Å²) < 4.78 is 5.49. The van der Waals surface area contributed by atoms with Crippen LogP contribution < -0.4 is 0 Å². The average molecular weight is 247 g/mol. The fourth-order valence-electron chi connectivity index (χ4n) is 3.90. The van der Waals surface area contributed by atoms with E-state index in [0.29, 0.717) is 0 Å². The summed E-state index contributed by atoms with van der Waals surface area (Å²) in [5.74, 6) is 0. The molecule has 1 spiro atoms. The van der Waals surface area contributed by atoms with Crippen molar-refractivity contribution in [3.05, 3.63) is 29.6 Å². The molecule has 1 saturated heterocycles. The van der Waals surface area contributed by atoms with E-state index in [-0.39, 0.29) is 5.41 Å². The number of rotatable bonds is 1. The van der Waals surface area contributed by atoms with Gasteiger partial charge in [0.15, 0.2) is 0 Å². The van der Waals surface area contributed by atoms with Gasteiger partial charge in [-0.1, -0.05) is 0 Å². The standard InChI is InChI=1S/C15H21NO2/c1-12-3-8-16-11-13(12)15(17)5-2-4-14(15)6-9-18-10-7-14/h3,8,11,17H,2,4-7,9-10H2,1H3. The summed E-state index contributed by atoms with van der Waals surface area (Å²) in [5.41, 5.74) is 1.50. The number of aryl methyl sites for hydroxylation is 1. The average Bonchev–Trinajstić information content (AvgIpc) is 2.69. The van der Waals surface area contributed by atoms with Gasteiger partial charge < -0.3 is 9.84 Å². The largest absolute Gasteiger partial charge is 0.385 e. The maximum absolute atomic E-state index is 11.3. The van der Waals surface area contributed by atoms with Gasteiger partial charge in [-0.05, 0) is 50.7 Å². The molecule has 0 amide bonds. The minimum absolute atomic E-state index is 0.0129. The van der Waals surface area contributed by atoms with Crippen molar-refractivity contribution in [1.29, 1.82) is 0 Å². The van der Waals surface area contributed by atoms with Crippen LogP contribution in [0.1, 0.15) is 43.2 Å². The summed E-state index contributed by atoms with van der Waals surface area (Å²) in [7, 11) is 0. The highest BCUT2D eigenvalue weighted by Crippen LogP contribution is 2.58. The van der Waals surface area contributed by atoms with E-state index in [4.69, 9.17) is 4.74 Å². The Bertz CT molecular complexity index is 440. The second-order valence-corrected chi connectivity index (χ2v) is 5.80. The maximum Gasteiger partial charge on any atom is 0.0971 e. The molecule has 2 fully saturated rings. The zero-order chi connectivity index (χ0) is 12.6. The zero-order valence-corrected chi connectivity index (χ0v) is 11.0. The Hall–Kier alpha value is -0.930. The predicted molar refractivity (Wildman–Crippen MR) is 69.2 cm³/mol. The van der Waals surface area contributed by atoms with Crippen LogP contribution in [0.2, 0.25) is 0 Å². The Morgan fingerprint density at radius 2 is 2.00 bits per heavy atom. The van der Waals surface area contributed by atoms with E-state index >= 15 is 0 Å². The highest BCUT2D eigenvalue weighted by atomic mass is 16.5. The van der Waals surface area contributed by atoms with Gasteiger partial charge in [0.2, 0.25) is 0 Å². The first-order valence-electron chi connectivity index (χ1n) is 6.89. The van der Waals surface area contributed by atoms with Gasteiger partial charge >= 0.3 is 0 Å². The first-order chi connectivity index (χ1) is 8.68. The molecular formula is C15H21NO2. The van der Waals surface area contributed by atoms with Crippen molar-refractivity contribution < 1.29 is 9.84 Å². The lowest BCUT2D eigenvalue weighted by molar-refractivity contribution is -0.119. The number of ether oxygens (including phenoxy) is 1. The first kappa shape index (κ1) is 12.1. The van der Waals surface area contributed by atoms with Gasteiger partial charge in [0.05, 0.1) is 5.60 Å². The Morgan fingerprint density at radius 3 is 2.72 bits per heavy atom. The normalized spacial score (nSPS) is 30.8. The van der Waals surface area contributed by atoms with Gasteiger partial charge in [-0.2, -0.15) is 0 Å². The van der Waals surface area contributed by atoms with Gasteiger partial charge in [-0.3, -0.25) is 4.98 Å². The minimum Gasteiger partial charge on any atom is -0.385 e. The van der Waals surface area contributed by atoms with Crippen LogP contribution in [0.3, 0.4) is 0 Å².